The Morgan fingerprint density at radius 1 is 1.44 bits per heavy atom. The van der Waals surface area contributed by atoms with Gasteiger partial charge in [0.2, 0.25) is 0 Å². The Labute approximate surface area is 103 Å². The van der Waals surface area contributed by atoms with Crippen molar-refractivity contribution in [2.24, 2.45) is 0 Å². The number of hydrogen-bond acceptors (Lipinski definition) is 2. The molecule has 1 aromatic carbocycles. The smallest absolute Gasteiger partial charge is 0.165 e. The zero-order valence-electron chi connectivity index (χ0n) is 9.19. The van der Waals surface area contributed by atoms with Crippen molar-refractivity contribution in [1.29, 1.82) is 0 Å². The van der Waals surface area contributed by atoms with E-state index in [1.807, 2.05) is 6.92 Å². The number of phenols is 1. The molecule has 0 amide bonds. The molecule has 88 valence electrons. The molecule has 0 saturated carbocycles. The van der Waals surface area contributed by atoms with E-state index in [4.69, 9.17) is 0 Å². The molecule has 4 heteroatoms. The molecule has 2 nitrogen and oxygen atoms in total. The van der Waals surface area contributed by atoms with Gasteiger partial charge in [-0.25, -0.2) is 4.39 Å². The van der Waals surface area contributed by atoms with Crippen LogP contribution in [0.4, 0.5) is 4.39 Å². The largest absolute Gasteiger partial charge is 0.505 e. The van der Waals surface area contributed by atoms with E-state index in [2.05, 4.69) is 21.2 Å². The van der Waals surface area contributed by atoms with Gasteiger partial charge in [-0.3, -0.25) is 0 Å². The molecule has 0 aromatic heterocycles. The minimum absolute atomic E-state index is 0.190. The maximum Gasteiger partial charge on any atom is 0.165 e. The molecule has 0 atom stereocenters. The van der Waals surface area contributed by atoms with E-state index in [9.17, 15) is 9.50 Å². The van der Waals surface area contributed by atoms with Crippen molar-refractivity contribution >= 4 is 15.9 Å². The second-order valence-electron chi connectivity index (χ2n) is 4.28. The van der Waals surface area contributed by atoms with Crippen LogP contribution in [0.25, 0.3) is 0 Å². The van der Waals surface area contributed by atoms with Crippen LogP contribution >= 0.6 is 15.9 Å². The Morgan fingerprint density at radius 3 is 2.69 bits per heavy atom. The number of halogens is 2. The van der Waals surface area contributed by atoms with Gasteiger partial charge in [0.25, 0.3) is 0 Å². The van der Waals surface area contributed by atoms with Crippen molar-refractivity contribution in [3.63, 3.8) is 0 Å². The lowest BCUT2D eigenvalue weighted by Crippen LogP contribution is -2.27. The molecule has 0 aliphatic carbocycles. The van der Waals surface area contributed by atoms with Crippen molar-refractivity contribution in [1.82, 2.24) is 5.32 Å². The molecule has 1 aliphatic heterocycles. The number of aromatic hydroxyl groups is 1. The summed E-state index contributed by atoms with van der Waals surface area (Å²) in [6.45, 7) is 3.69. The topological polar surface area (TPSA) is 32.3 Å². The molecule has 0 spiro atoms. The highest BCUT2D eigenvalue weighted by molar-refractivity contribution is 9.10. The first-order chi connectivity index (χ1) is 7.61. The van der Waals surface area contributed by atoms with E-state index in [0.29, 0.717) is 0 Å². The van der Waals surface area contributed by atoms with Crippen LogP contribution in [0, 0.1) is 12.7 Å². The van der Waals surface area contributed by atoms with Gasteiger partial charge in [0.1, 0.15) is 0 Å². The van der Waals surface area contributed by atoms with Gasteiger partial charge in [-0.2, -0.15) is 0 Å². The van der Waals surface area contributed by atoms with E-state index >= 15 is 0 Å². The van der Waals surface area contributed by atoms with Crippen molar-refractivity contribution in [2.45, 2.75) is 25.7 Å². The Balaban J connectivity index is 2.45. The molecule has 1 fully saturated rings. The molecule has 1 saturated heterocycles. The molecule has 0 radical (unpaired) electrons. The Morgan fingerprint density at radius 2 is 2.06 bits per heavy atom. The van der Waals surface area contributed by atoms with E-state index < -0.39 is 5.82 Å². The Hall–Kier alpha value is -0.610. The van der Waals surface area contributed by atoms with Crippen molar-refractivity contribution in [3.05, 3.63) is 27.5 Å². The number of piperidine rings is 1. The predicted molar refractivity (Wildman–Crippen MR) is 65.3 cm³/mol. The molecular weight excluding hydrogens is 273 g/mol. The van der Waals surface area contributed by atoms with Gasteiger partial charge in [0.15, 0.2) is 11.6 Å². The van der Waals surface area contributed by atoms with Crippen LogP contribution in [0.15, 0.2) is 10.5 Å². The molecule has 16 heavy (non-hydrogen) atoms. The predicted octanol–water partition coefficient (Wildman–Crippen LogP) is 3.07. The number of rotatable bonds is 1. The summed E-state index contributed by atoms with van der Waals surface area (Å²) in [6, 6.07) is 1.37. The third kappa shape index (κ3) is 2.09. The van der Waals surface area contributed by atoms with Crippen molar-refractivity contribution in [2.75, 3.05) is 13.1 Å². The lowest BCUT2D eigenvalue weighted by molar-refractivity contribution is 0.398. The summed E-state index contributed by atoms with van der Waals surface area (Å²) in [5.41, 5.74) is 1.57. The van der Waals surface area contributed by atoms with Crippen LogP contribution in [0.1, 0.15) is 29.9 Å². The second-order valence-corrected chi connectivity index (χ2v) is 5.07. The number of phenolic OH excluding ortho intramolecular Hbond substituents is 1. The fourth-order valence-corrected chi connectivity index (χ4v) is 2.88. The van der Waals surface area contributed by atoms with Gasteiger partial charge in [-0.1, -0.05) is 15.9 Å². The van der Waals surface area contributed by atoms with Gasteiger partial charge in [0, 0.05) is 10.0 Å². The molecule has 1 heterocycles. The first kappa shape index (κ1) is 11.9. The van der Waals surface area contributed by atoms with Crippen LogP contribution in [-0.2, 0) is 0 Å². The molecule has 1 aromatic rings. The van der Waals surface area contributed by atoms with Gasteiger partial charge in [-0.15, -0.1) is 0 Å². The maximum atomic E-state index is 13.5. The Kier molecular flexibility index (Phi) is 3.50. The molecule has 1 aliphatic rings. The number of nitrogens with one attached hydrogen (secondary N) is 1. The van der Waals surface area contributed by atoms with Crippen LogP contribution in [0.2, 0.25) is 0 Å². The van der Waals surface area contributed by atoms with Crippen molar-refractivity contribution in [3.8, 4) is 5.75 Å². The van der Waals surface area contributed by atoms with Gasteiger partial charge >= 0.3 is 0 Å². The van der Waals surface area contributed by atoms with Gasteiger partial charge in [0.05, 0.1) is 0 Å². The molecule has 0 bridgehead atoms. The number of aryl methyl sites for hydroxylation is 1. The van der Waals surface area contributed by atoms with Gasteiger partial charge in [-0.05, 0) is 50.4 Å². The highest BCUT2D eigenvalue weighted by Crippen LogP contribution is 2.40. The Bertz CT molecular complexity index is 376. The SMILES string of the molecule is Cc1cc(F)c(O)c(C2CCNCC2)c1Br. The zero-order chi connectivity index (χ0) is 11.7. The summed E-state index contributed by atoms with van der Waals surface area (Å²) in [7, 11) is 0. The lowest BCUT2D eigenvalue weighted by Gasteiger charge is -2.25. The van der Waals surface area contributed by atoms with E-state index in [1.165, 1.54) is 6.07 Å². The molecular formula is C12H15BrFNO. The second kappa shape index (κ2) is 4.72. The fraction of sp³-hybridized carbons (Fsp3) is 0.500. The van der Waals surface area contributed by atoms with Crippen LogP contribution in [0.3, 0.4) is 0 Å². The van der Waals surface area contributed by atoms with E-state index in [-0.39, 0.29) is 11.7 Å². The summed E-state index contributed by atoms with van der Waals surface area (Å²) in [5, 5.41) is 13.1. The number of benzene rings is 1. The third-order valence-electron chi connectivity index (χ3n) is 3.15. The number of hydrogen-bond donors (Lipinski definition) is 2. The average molecular weight is 288 g/mol. The fourth-order valence-electron chi connectivity index (χ4n) is 2.25. The minimum atomic E-state index is -0.519. The average Bonchev–Trinajstić information content (AvgIpc) is 2.28. The molecule has 2 rings (SSSR count). The standard InChI is InChI=1S/C12H15BrFNO/c1-7-6-9(14)12(16)10(11(7)13)8-2-4-15-5-3-8/h6,8,15-16H,2-5H2,1H3. The van der Waals surface area contributed by atoms with E-state index in [1.54, 1.807) is 0 Å². The first-order valence-corrected chi connectivity index (χ1v) is 6.28. The van der Waals surface area contributed by atoms with Gasteiger partial charge < -0.3 is 10.4 Å². The summed E-state index contributed by atoms with van der Waals surface area (Å²) in [5.74, 6) is -0.469. The highest BCUT2D eigenvalue weighted by atomic mass is 79.9. The zero-order valence-corrected chi connectivity index (χ0v) is 10.8. The minimum Gasteiger partial charge on any atom is -0.505 e. The first-order valence-electron chi connectivity index (χ1n) is 5.49. The summed E-state index contributed by atoms with van der Waals surface area (Å²) in [6.07, 6.45) is 1.88. The van der Waals surface area contributed by atoms with Crippen LogP contribution < -0.4 is 5.32 Å². The van der Waals surface area contributed by atoms with Crippen LogP contribution in [-0.4, -0.2) is 18.2 Å². The third-order valence-corrected chi connectivity index (χ3v) is 4.21. The van der Waals surface area contributed by atoms with Crippen LogP contribution in [0.5, 0.6) is 5.75 Å². The summed E-state index contributed by atoms with van der Waals surface area (Å²) in [4.78, 5) is 0. The molecule has 2 N–H and O–H groups in total. The quantitative estimate of drug-likeness (QED) is 0.832. The monoisotopic (exact) mass is 287 g/mol. The normalized spacial score (nSPS) is 17.7. The molecule has 0 unspecified atom stereocenters. The highest BCUT2D eigenvalue weighted by Gasteiger charge is 2.24. The summed E-state index contributed by atoms with van der Waals surface area (Å²) < 4.78 is 14.3. The maximum absolute atomic E-state index is 13.5. The van der Waals surface area contributed by atoms with Crippen molar-refractivity contribution < 1.29 is 9.50 Å². The summed E-state index contributed by atoms with van der Waals surface area (Å²) >= 11 is 3.45. The van der Waals surface area contributed by atoms with E-state index in [0.717, 1.165) is 41.5 Å². The lowest BCUT2D eigenvalue weighted by atomic mass is 9.88.